The highest BCUT2D eigenvalue weighted by atomic mass is 14.5. The summed E-state index contributed by atoms with van der Waals surface area (Å²) >= 11 is 0. The Labute approximate surface area is 302 Å². The Morgan fingerprint density at radius 3 is 1.55 bits per heavy atom. The first-order valence-corrected chi connectivity index (χ1v) is 22.2. The van der Waals surface area contributed by atoms with Crippen LogP contribution in [0.25, 0.3) is 0 Å². The average molecular weight is 661 g/mol. The van der Waals surface area contributed by atoms with E-state index in [0.29, 0.717) is 5.41 Å². The molecule has 4 aliphatic carbocycles. The van der Waals surface area contributed by atoms with E-state index in [1.807, 2.05) is 41.5 Å². The summed E-state index contributed by atoms with van der Waals surface area (Å²) in [4.78, 5) is 0. The average Bonchev–Trinajstić information content (AvgIpc) is 3.50. The van der Waals surface area contributed by atoms with Gasteiger partial charge in [0.2, 0.25) is 0 Å². The van der Waals surface area contributed by atoms with E-state index in [2.05, 4.69) is 90.0 Å². The number of hydrogen-bond donors (Lipinski definition) is 0. The molecule has 0 heteroatoms. The van der Waals surface area contributed by atoms with Gasteiger partial charge in [0.1, 0.15) is 0 Å². The minimum atomic E-state index is 0.500. The first-order valence-electron chi connectivity index (χ1n) is 22.2. The Morgan fingerprint density at radius 1 is 0.617 bits per heavy atom. The lowest BCUT2D eigenvalue weighted by molar-refractivity contribution is -0.0482. The van der Waals surface area contributed by atoms with Crippen LogP contribution in [0.1, 0.15) is 209 Å². The molecule has 0 N–H and O–H groups in total. The van der Waals surface area contributed by atoms with Crippen LogP contribution in [0.5, 0.6) is 0 Å². The summed E-state index contributed by atoms with van der Waals surface area (Å²) in [7, 11) is 0. The van der Waals surface area contributed by atoms with Crippen LogP contribution in [0.2, 0.25) is 0 Å². The molecule has 12 atom stereocenters. The van der Waals surface area contributed by atoms with Crippen molar-refractivity contribution in [2.75, 3.05) is 0 Å². The van der Waals surface area contributed by atoms with Crippen molar-refractivity contribution in [1.29, 1.82) is 0 Å². The van der Waals surface area contributed by atoms with Gasteiger partial charge in [-0.15, -0.1) is 0 Å². The molecule has 4 rings (SSSR count). The van der Waals surface area contributed by atoms with E-state index in [1.165, 1.54) is 51.4 Å². The van der Waals surface area contributed by atoms with Gasteiger partial charge in [-0.3, -0.25) is 0 Å². The highest BCUT2D eigenvalue weighted by Crippen LogP contribution is 2.56. The molecule has 0 heterocycles. The van der Waals surface area contributed by atoms with E-state index >= 15 is 0 Å². The first-order chi connectivity index (χ1) is 22.2. The van der Waals surface area contributed by atoms with Crippen molar-refractivity contribution in [3.8, 4) is 0 Å². The van der Waals surface area contributed by atoms with Crippen LogP contribution in [0, 0.1) is 94.2 Å². The molecule has 47 heavy (non-hydrogen) atoms. The maximum atomic E-state index is 2.70. The molecule has 0 aromatic rings. The van der Waals surface area contributed by atoms with Gasteiger partial charge in [0.25, 0.3) is 0 Å². The van der Waals surface area contributed by atoms with Gasteiger partial charge in [-0.2, -0.15) is 0 Å². The minimum Gasteiger partial charge on any atom is -0.0683 e. The molecule has 12 unspecified atom stereocenters. The molecule has 0 saturated heterocycles. The fourth-order valence-corrected chi connectivity index (χ4v) is 11.4. The van der Waals surface area contributed by atoms with Crippen molar-refractivity contribution in [2.24, 2.45) is 94.2 Å². The van der Waals surface area contributed by atoms with Crippen LogP contribution in [0.4, 0.5) is 0 Å². The third kappa shape index (κ3) is 13.6. The summed E-state index contributed by atoms with van der Waals surface area (Å²) < 4.78 is 0. The van der Waals surface area contributed by atoms with E-state index in [0.717, 1.165) is 88.8 Å². The molecule has 4 fully saturated rings. The van der Waals surface area contributed by atoms with Gasteiger partial charge in [0.05, 0.1) is 0 Å². The molecule has 0 radical (unpaired) electrons. The maximum absolute atomic E-state index is 2.70. The second-order valence-electron chi connectivity index (χ2n) is 18.4. The third-order valence-corrected chi connectivity index (χ3v) is 14.8. The van der Waals surface area contributed by atoms with Crippen LogP contribution >= 0.6 is 0 Å². The van der Waals surface area contributed by atoms with Crippen molar-refractivity contribution in [2.45, 2.75) is 209 Å². The molecule has 0 aliphatic heterocycles. The van der Waals surface area contributed by atoms with Gasteiger partial charge in [-0.05, 0) is 133 Å². The molecule has 0 aromatic heterocycles. The number of fused-ring (bicyclic) bond motifs is 2. The van der Waals surface area contributed by atoms with Crippen LogP contribution in [0.15, 0.2) is 0 Å². The van der Waals surface area contributed by atoms with E-state index in [1.54, 1.807) is 25.7 Å². The lowest BCUT2D eigenvalue weighted by atomic mass is 9.52. The van der Waals surface area contributed by atoms with Gasteiger partial charge >= 0.3 is 0 Å². The molecule has 0 nitrogen and oxygen atoms in total. The van der Waals surface area contributed by atoms with Gasteiger partial charge in [0.15, 0.2) is 0 Å². The monoisotopic (exact) mass is 661 g/mol. The Morgan fingerprint density at radius 2 is 1.13 bits per heavy atom. The summed E-state index contributed by atoms with van der Waals surface area (Å²) in [5.41, 5.74) is 0.500. The zero-order valence-corrected chi connectivity index (χ0v) is 36.6. The SMILES string of the molecule is CC.CC.CC.CC(C)C1C(C)C(C)C2CC(C)(C)CCC(C(C)C3CC4CCCCC4C3)C(C)CCC2C1C.CCC(C)C(C)C. The van der Waals surface area contributed by atoms with Crippen molar-refractivity contribution < 1.29 is 0 Å². The van der Waals surface area contributed by atoms with Crippen molar-refractivity contribution in [3.63, 3.8) is 0 Å². The zero-order valence-electron chi connectivity index (χ0n) is 36.6. The molecule has 4 saturated carbocycles. The smallest absolute Gasteiger partial charge is 0.0334 e. The van der Waals surface area contributed by atoms with Gasteiger partial charge in [-0.25, -0.2) is 0 Å². The predicted octanol–water partition coefficient (Wildman–Crippen LogP) is 16.3. The first kappa shape index (κ1) is 47.0. The Bertz CT molecular complexity index is 731. The second-order valence-corrected chi connectivity index (χ2v) is 18.4. The van der Waals surface area contributed by atoms with Crippen LogP contribution < -0.4 is 0 Å². The lowest BCUT2D eigenvalue weighted by Crippen LogP contribution is -2.47. The molecular weight excluding hydrogens is 565 g/mol. The summed E-state index contributed by atoms with van der Waals surface area (Å²) in [5, 5.41) is 0. The van der Waals surface area contributed by atoms with Crippen LogP contribution in [-0.4, -0.2) is 0 Å². The summed E-state index contributed by atoms with van der Waals surface area (Å²) in [6.07, 6.45) is 18.0. The zero-order chi connectivity index (χ0) is 36.6. The Kier molecular flexibility index (Phi) is 23.5. The van der Waals surface area contributed by atoms with Crippen LogP contribution in [-0.2, 0) is 0 Å². The molecule has 4 aliphatic rings. The summed E-state index contributed by atoms with van der Waals surface area (Å²) in [6, 6.07) is 0. The van der Waals surface area contributed by atoms with E-state index < -0.39 is 0 Å². The van der Waals surface area contributed by atoms with Gasteiger partial charge < -0.3 is 0 Å². The summed E-state index contributed by atoms with van der Waals surface area (Å²) in [5.74, 6) is 14.1. The second kappa shape index (κ2) is 23.5. The Hall–Kier alpha value is 0. The molecular formula is C47H96. The quantitative estimate of drug-likeness (QED) is 0.275. The van der Waals surface area contributed by atoms with E-state index in [-0.39, 0.29) is 0 Å². The highest BCUT2D eigenvalue weighted by Gasteiger charge is 2.48. The third-order valence-electron chi connectivity index (χ3n) is 14.8. The predicted molar refractivity (Wildman–Crippen MR) is 218 cm³/mol. The molecule has 0 amide bonds. The fraction of sp³-hybridized carbons (Fsp3) is 1.00. The Balaban J connectivity index is 0.00000141. The topological polar surface area (TPSA) is 0 Å². The largest absolute Gasteiger partial charge is 0.0683 e. The normalized spacial score (nSPS) is 37.9. The molecule has 0 bridgehead atoms. The summed E-state index contributed by atoms with van der Waals surface area (Å²) in [6.45, 7) is 44.7. The van der Waals surface area contributed by atoms with E-state index in [9.17, 15) is 0 Å². The van der Waals surface area contributed by atoms with Gasteiger partial charge in [-0.1, -0.05) is 170 Å². The number of hydrogen-bond acceptors (Lipinski definition) is 0. The highest BCUT2D eigenvalue weighted by molar-refractivity contribution is 4.97. The van der Waals surface area contributed by atoms with Crippen LogP contribution in [0.3, 0.4) is 0 Å². The fourth-order valence-electron chi connectivity index (χ4n) is 11.4. The van der Waals surface area contributed by atoms with Crippen molar-refractivity contribution >= 4 is 0 Å². The number of rotatable bonds is 5. The van der Waals surface area contributed by atoms with E-state index in [4.69, 9.17) is 0 Å². The van der Waals surface area contributed by atoms with Crippen molar-refractivity contribution in [3.05, 3.63) is 0 Å². The molecule has 284 valence electrons. The molecule has 0 spiro atoms. The minimum absolute atomic E-state index is 0.500. The molecule has 0 aromatic carbocycles. The van der Waals surface area contributed by atoms with Crippen molar-refractivity contribution in [1.82, 2.24) is 0 Å². The lowest BCUT2D eigenvalue weighted by Gasteiger charge is -2.53. The van der Waals surface area contributed by atoms with Gasteiger partial charge in [0, 0.05) is 0 Å². The maximum Gasteiger partial charge on any atom is -0.0334 e. The standard InChI is InChI=1S/C34H62.C7H16.3C2H6/c1-21(2)33-24(5)23(4)32-20-34(8,9)17-16-30(22(3)14-15-31(32)26(33)7)25(6)29-18-27-12-10-11-13-28(27)19-29;1-5-7(4)6(2)3;3*1-2/h21-33H,10-20H2,1-9H3;6-7H,5H2,1-4H3;3*1-2H3.